The summed E-state index contributed by atoms with van der Waals surface area (Å²) in [7, 11) is 3.02. The molecule has 5 nitrogen and oxygen atoms in total. The van der Waals surface area contributed by atoms with E-state index < -0.39 is 11.9 Å². The molecule has 0 saturated carbocycles. The number of alkyl halides is 3. The summed E-state index contributed by atoms with van der Waals surface area (Å²) in [4.78, 5) is 4.57. The summed E-state index contributed by atoms with van der Waals surface area (Å²) in [6.45, 7) is 3.57. The molecule has 0 N–H and O–H groups in total. The van der Waals surface area contributed by atoms with Crippen LogP contribution >= 0.6 is 0 Å². The van der Waals surface area contributed by atoms with Crippen LogP contribution in [-0.2, 0) is 6.18 Å². The van der Waals surface area contributed by atoms with Crippen LogP contribution in [0.25, 0.3) is 28.0 Å². The highest BCUT2D eigenvalue weighted by Gasteiger charge is 2.36. The Labute approximate surface area is 177 Å². The van der Waals surface area contributed by atoms with Gasteiger partial charge in [-0.2, -0.15) is 18.3 Å². The van der Waals surface area contributed by atoms with E-state index in [0.29, 0.717) is 33.9 Å². The molecule has 2 aromatic heterocycles. The average molecular weight is 427 g/mol. The number of methoxy groups -OCH3 is 2. The summed E-state index contributed by atoms with van der Waals surface area (Å²) in [6.07, 6.45) is -4.60. The third-order valence-corrected chi connectivity index (χ3v) is 5.07. The first-order valence-corrected chi connectivity index (χ1v) is 9.50. The van der Waals surface area contributed by atoms with Gasteiger partial charge in [0.1, 0.15) is 0 Å². The van der Waals surface area contributed by atoms with Gasteiger partial charge in [-0.05, 0) is 37.6 Å². The molecule has 0 radical (unpaired) electrons. The molecule has 0 bridgehead atoms. The van der Waals surface area contributed by atoms with E-state index >= 15 is 0 Å². The molecule has 0 aliphatic heterocycles. The number of aryl methyl sites for hydroxylation is 2. The molecule has 0 spiro atoms. The van der Waals surface area contributed by atoms with Crippen molar-refractivity contribution < 1.29 is 22.6 Å². The number of benzene rings is 2. The van der Waals surface area contributed by atoms with Gasteiger partial charge in [-0.3, -0.25) is 0 Å². The van der Waals surface area contributed by atoms with E-state index in [1.165, 1.54) is 14.2 Å². The Hall–Kier alpha value is -3.55. The van der Waals surface area contributed by atoms with Gasteiger partial charge in [0.25, 0.3) is 0 Å². The molecule has 160 valence electrons. The molecule has 31 heavy (non-hydrogen) atoms. The summed E-state index contributed by atoms with van der Waals surface area (Å²) in [5.74, 6) is 0.981. The lowest BCUT2D eigenvalue weighted by molar-refractivity contribution is -0.142. The number of fused-ring (bicyclic) bond motifs is 1. The Bertz CT molecular complexity index is 1260. The van der Waals surface area contributed by atoms with Crippen LogP contribution in [0.2, 0.25) is 0 Å². The fourth-order valence-electron chi connectivity index (χ4n) is 3.53. The number of aromatic nitrogens is 3. The van der Waals surface area contributed by atoms with E-state index in [-0.39, 0.29) is 11.3 Å². The lowest BCUT2D eigenvalue weighted by atomic mass is 10.0. The number of halogens is 3. The predicted molar refractivity (Wildman–Crippen MR) is 111 cm³/mol. The standard InChI is InChI=1S/C23H20F3N3O2/c1-13-5-7-15(8-6-13)17-12-20(23(24,25)26)29-22(27-17)21(14(2)28-29)16-9-10-18(30-3)19(11-16)31-4/h5-12H,1-4H3. The van der Waals surface area contributed by atoms with E-state index in [1.807, 2.05) is 19.1 Å². The molecule has 0 aliphatic rings. The van der Waals surface area contributed by atoms with Gasteiger partial charge in [-0.15, -0.1) is 0 Å². The molecule has 2 aromatic carbocycles. The van der Waals surface area contributed by atoms with Gasteiger partial charge in [0.15, 0.2) is 22.8 Å². The number of nitrogens with zero attached hydrogens (tertiary/aromatic N) is 3. The number of hydrogen-bond acceptors (Lipinski definition) is 4. The van der Waals surface area contributed by atoms with Crippen LogP contribution in [0.4, 0.5) is 13.2 Å². The summed E-state index contributed by atoms with van der Waals surface area (Å²) in [6, 6.07) is 13.4. The first kappa shape index (κ1) is 20.7. The maximum Gasteiger partial charge on any atom is 0.433 e. The van der Waals surface area contributed by atoms with Gasteiger partial charge in [0, 0.05) is 11.1 Å². The average Bonchev–Trinajstić information content (AvgIpc) is 3.07. The topological polar surface area (TPSA) is 48.7 Å². The van der Waals surface area contributed by atoms with Crippen molar-refractivity contribution in [3.8, 4) is 33.9 Å². The van der Waals surface area contributed by atoms with Crippen LogP contribution in [0.1, 0.15) is 17.0 Å². The van der Waals surface area contributed by atoms with E-state index in [0.717, 1.165) is 16.1 Å². The zero-order chi connectivity index (χ0) is 22.3. The Morgan fingerprint density at radius 3 is 2.10 bits per heavy atom. The number of ether oxygens (including phenoxy) is 2. The highest BCUT2D eigenvalue weighted by Crippen LogP contribution is 2.38. The van der Waals surface area contributed by atoms with Crippen LogP contribution in [0.15, 0.2) is 48.5 Å². The van der Waals surface area contributed by atoms with Gasteiger partial charge in [-0.25, -0.2) is 9.50 Å². The van der Waals surface area contributed by atoms with Crippen molar-refractivity contribution in [3.05, 3.63) is 65.5 Å². The summed E-state index contributed by atoms with van der Waals surface area (Å²) >= 11 is 0. The SMILES string of the molecule is COc1ccc(-c2c(C)nn3c(C(F)(F)F)cc(-c4ccc(C)cc4)nc23)cc1OC. The third-order valence-electron chi connectivity index (χ3n) is 5.07. The molecule has 4 rings (SSSR count). The largest absolute Gasteiger partial charge is 0.493 e. The Balaban J connectivity index is 2.02. The van der Waals surface area contributed by atoms with Crippen molar-refractivity contribution in [1.29, 1.82) is 0 Å². The zero-order valence-electron chi connectivity index (χ0n) is 17.4. The highest BCUT2D eigenvalue weighted by atomic mass is 19.4. The molecular formula is C23H20F3N3O2. The normalized spacial score (nSPS) is 11.7. The summed E-state index contributed by atoms with van der Waals surface area (Å²) in [5.41, 5.74) is 2.61. The van der Waals surface area contributed by atoms with E-state index in [2.05, 4.69) is 10.1 Å². The molecule has 0 unspecified atom stereocenters. The number of hydrogen-bond donors (Lipinski definition) is 0. The van der Waals surface area contributed by atoms with Crippen LogP contribution in [0.5, 0.6) is 11.5 Å². The summed E-state index contributed by atoms with van der Waals surface area (Å²) < 4.78 is 53.2. The second-order valence-electron chi connectivity index (χ2n) is 7.16. The summed E-state index contributed by atoms with van der Waals surface area (Å²) in [5, 5.41) is 4.16. The lowest BCUT2D eigenvalue weighted by Crippen LogP contribution is -2.13. The molecular weight excluding hydrogens is 407 g/mol. The van der Waals surface area contributed by atoms with Crippen molar-refractivity contribution in [2.24, 2.45) is 0 Å². The Kier molecular flexibility index (Phi) is 5.08. The lowest BCUT2D eigenvalue weighted by Gasteiger charge is -2.12. The molecule has 0 aliphatic carbocycles. The van der Waals surface area contributed by atoms with Crippen LogP contribution in [0.3, 0.4) is 0 Å². The van der Waals surface area contributed by atoms with Crippen molar-refractivity contribution in [2.75, 3.05) is 14.2 Å². The van der Waals surface area contributed by atoms with E-state index in [4.69, 9.17) is 9.47 Å². The minimum Gasteiger partial charge on any atom is -0.493 e. The molecule has 0 fully saturated rings. The zero-order valence-corrected chi connectivity index (χ0v) is 17.4. The quantitative estimate of drug-likeness (QED) is 0.418. The Morgan fingerprint density at radius 1 is 0.839 bits per heavy atom. The van der Waals surface area contributed by atoms with Crippen LogP contribution in [-0.4, -0.2) is 28.8 Å². The smallest absolute Gasteiger partial charge is 0.433 e. The molecule has 0 saturated heterocycles. The molecule has 8 heteroatoms. The Morgan fingerprint density at radius 2 is 1.48 bits per heavy atom. The highest BCUT2D eigenvalue weighted by molar-refractivity contribution is 5.82. The van der Waals surface area contributed by atoms with E-state index in [1.54, 1.807) is 37.3 Å². The minimum atomic E-state index is -4.60. The second kappa shape index (κ2) is 7.61. The van der Waals surface area contributed by atoms with Crippen LogP contribution < -0.4 is 9.47 Å². The second-order valence-corrected chi connectivity index (χ2v) is 7.16. The van der Waals surface area contributed by atoms with Crippen molar-refractivity contribution >= 4 is 5.65 Å². The monoisotopic (exact) mass is 427 g/mol. The van der Waals surface area contributed by atoms with Gasteiger partial charge in [0.05, 0.1) is 25.6 Å². The maximum atomic E-state index is 13.9. The van der Waals surface area contributed by atoms with Gasteiger partial charge < -0.3 is 9.47 Å². The minimum absolute atomic E-state index is 0.120. The van der Waals surface area contributed by atoms with Gasteiger partial charge in [-0.1, -0.05) is 35.9 Å². The molecule has 2 heterocycles. The predicted octanol–water partition coefficient (Wildman–Crippen LogP) is 5.72. The van der Waals surface area contributed by atoms with Crippen LogP contribution in [0, 0.1) is 13.8 Å². The molecule has 0 amide bonds. The van der Waals surface area contributed by atoms with E-state index in [9.17, 15) is 13.2 Å². The fraction of sp³-hybridized carbons (Fsp3) is 0.217. The van der Waals surface area contributed by atoms with Crippen molar-refractivity contribution in [2.45, 2.75) is 20.0 Å². The van der Waals surface area contributed by atoms with Crippen molar-refractivity contribution in [1.82, 2.24) is 14.6 Å². The first-order valence-electron chi connectivity index (χ1n) is 9.50. The molecule has 4 aromatic rings. The number of rotatable bonds is 4. The maximum absolute atomic E-state index is 13.9. The van der Waals surface area contributed by atoms with Crippen molar-refractivity contribution in [3.63, 3.8) is 0 Å². The third kappa shape index (κ3) is 3.69. The molecule has 0 atom stereocenters. The van der Waals surface area contributed by atoms with Gasteiger partial charge in [0.2, 0.25) is 0 Å². The fourth-order valence-corrected chi connectivity index (χ4v) is 3.53. The first-order chi connectivity index (χ1) is 14.7. The van der Waals surface area contributed by atoms with Gasteiger partial charge >= 0.3 is 6.18 Å².